The Labute approximate surface area is 55.7 Å². The lowest BCUT2D eigenvalue weighted by Crippen LogP contribution is -2.05. The van der Waals surface area contributed by atoms with Gasteiger partial charge >= 0.3 is 0 Å². The van der Waals surface area contributed by atoms with Crippen LogP contribution in [0.2, 0.25) is 0 Å². The summed E-state index contributed by atoms with van der Waals surface area (Å²) < 4.78 is 0. The molecule has 2 heteroatoms. The zero-order valence-corrected chi connectivity index (χ0v) is 6.13. The lowest BCUT2D eigenvalue weighted by Gasteiger charge is -2.02. The van der Waals surface area contributed by atoms with Crippen molar-refractivity contribution in [3.8, 4) is 0 Å². The third-order valence-electron chi connectivity index (χ3n) is 1.71. The molecular weight excluding hydrogens is 112 g/mol. The first kappa shape index (κ1) is 6.46. The molecule has 0 bridgehead atoms. The molecule has 1 aliphatic heterocycles. The maximum atomic E-state index is 4.03. The molecule has 0 aromatic carbocycles. The molecular formula is C7H12N2. The topological polar surface area (TPSA) is 24.7 Å². The number of azo groups is 1. The fraction of sp³-hybridized carbons (Fsp3) is 0.714. The Balaban J connectivity index is 2.76. The summed E-state index contributed by atoms with van der Waals surface area (Å²) in [5.41, 5.74) is 1.34. The molecule has 0 radical (unpaired) electrons. The highest BCUT2D eigenvalue weighted by atomic mass is 15.2. The first-order valence-electron chi connectivity index (χ1n) is 3.31. The standard InChI is InChI=1S/C7H12N2/c1-4-7-5(2)8-9-6(7)3/h4-6H,1-3H3. The van der Waals surface area contributed by atoms with Crippen molar-refractivity contribution in [3.05, 3.63) is 11.6 Å². The summed E-state index contributed by atoms with van der Waals surface area (Å²) in [6, 6.07) is 0.648. The summed E-state index contributed by atoms with van der Waals surface area (Å²) in [5, 5.41) is 8.05. The van der Waals surface area contributed by atoms with Crippen LogP contribution in [0.25, 0.3) is 0 Å². The maximum Gasteiger partial charge on any atom is 0.0910 e. The molecule has 0 saturated carbocycles. The van der Waals surface area contributed by atoms with Crippen molar-refractivity contribution in [1.29, 1.82) is 0 Å². The minimum atomic E-state index is 0.324. The molecule has 0 N–H and O–H groups in total. The van der Waals surface area contributed by atoms with Gasteiger partial charge in [0.05, 0.1) is 12.1 Å². The molecule has 1 aliphatic rings. The van der Waals surface area contributed by atoms with Gasteiger partial charge in [-0.1, -0.05) is 6.08 Å². The van der Waals surface area contributed by atoms with Gasteiger partial charge in [0.25, 0.3) is 0 Å². The highest BCUT2D eigenvalue weighted by Crippen LogP contribution is 2.21. The fourth-order valence-electron chi connectivity index (χ4n) is 1.16. The van der Waals surface area contributed by atoms with Crippen molar-refractivity contribution < 1.29 is 0 Å². The van der Waals surface area contributed by atoms with Crippen LogP contribution in [0.1, 0.15) is 20.8 Å². The predicted molar refractivity (Wildman–Crippen MR) is 37.5 cm³/mol. The molecule has 2 unspecified atom stereocenters. The van der Waals surface area contributed by atoms with Crippen molar-refractivity contribution in [1.82, 2.24) is 0 Å². The van der Waals surface area contributed by atoms with Crippen LogP contribution in [-0.4, -0.2) is 12.1 Å². The third kappa shape index (κ3) is 1.02. The Hall–Kier alpha value is -0.660. The highest BCUT2D eigenvalue weighted by molar-refractivity contribution is 5.18. The van der Waals surface area contributed by atoms with Gasteiger partial charge in [-0.05, 0) is 26.3 Å². The average molecular weight is 124 g/mol. The van der Waals surface area contributed by atoms with Crippen LogP contribution in [0.15, 0.2) is 21.9 Å². The van der Waals surface area contributed by atoms with Gasteiger partial charge in [-0.2, -0.15) is 10.2 Å². The number of hydrogen-bond donors (Lipinski definition) is 0. The molecule has 0 aliphatic carbocycles. The molecule has 0 fully saturated rings. The first-order valence-corrected chi connectivity index (χ1v) is 3.31. The third-order valence-corrected chi connectivity index (χ3v) is 1.71. The van der Waals surface area contributed by atoms with E-state index in [4.69, 9.17) is 0 Å². The zero-order chi connectivity index (χ0) is 6.85. The van der Waals surface area contributed by atoms with Gasteiger partial charge in [0.2, 0.25) is 0 Å². The summed E-state index contributed by atoms with van der Waals surface area (Å²) in [6.45, 7) is 6.18. The van der Waals surface area contributed by atoms with Crippen molar-refractivity contribution in [3.63, 3.8) is 0 Å². The van der Waals surface area contributed by atoms with E-state index in [0.717, 1.165) is 0 Å². The summed E-state index contributed by atoms with van der Waals surface area (Å²) in [5.74, 6) is 0. The molecule has 2 nitrogen and oxygen atoms in total. The Bertz CT molecular complexity index is 144. The SMILES string of the molecule is CC=C1C(C)N=NC1C. The number of nitrogens with zero attached hydrogens (tertiary/aromatic N) is 2. The normalized spacial score (nSPS) is 33.4. The molecule has 0 aromatic heterocycles. The number of allylic oxidation sites excluding steroid dienone is 1. The van der Waals surface area contributed by atoms with E-state index in [1.165, 1.54) is 5.57 Å². The van der Waals surface area contributed by atoms with Crippen LogP contribution in [0.3, 0.4) is 0 Å². The van der Waals surface area contributed by atoms with Crippen molar-refractivity contribution in [2.24, 2.45) is 10.2 Å². The summed E-state index contributed by atoms with van der Waals surface area (Å²) in [7, 11) is 0. The summed E-state index contributed by atoms with van der Waals surface area (Å²) in [6.07, 6.45) is 2.11. The monoisotopic (exact) mass is 124 g/mol. The van der Waals surface area contributed by atoms with Crippen LogP contribution in [0, 0.1) is 0 Å². The minimum Gasteiger partial charge on any atom is -0.186 e. The number of rotatable bonds is 0. The van der Waals surface area contributed by atoms with E-state index in [0.29, 0.717) is 12.1 Å². The van der Waals surface area contributed by atoms with E-state index < -0.39 is 0 Å². The second-order valence-corrected chi connectivity index (χ2v) is 2.37. The van der Waals surface area contributed by atoms with Gasteiger partial charge < -0.3 is 0 Å². The van der Waals surface area contributed by atoms with E-state index in [9.17, 15) is 0 Å². The summed E-state index contributed by atoms with van der Waals surface area (Å²) in [4.78, 5) is 0. The zero-order valence-electron chi connectivity index (χ0n) is 6.13. The largest absolute Gasteiger partial charge is 0.186 e. The molecule has 1 rings (SSSR count). The fourth-order valence-corrected chi connectivity index (χ4v) is 1.16. The second kappa shape index (κ2) is 2.29. The van der Waals surface area contributed by atoms with Gasteiger partial charge in [-0.15, -0.1) is 0 Å². The van der Waals surface area contributed by atoms with Crippen molar-refractivity contribution >= 4 is 0 Å². The molecule has 2 atom stereocenters. The van der Waals surface area contributed by atoms with Gasteiger partial charge in [0.15, 0.2) is 0 Å². The van der Waals surface area contributed by atoms with Crippen LogP contribution < -0.4 is 0 Å². The van der Waals surface area contributed by atoms with E-state index >= 15 is 0 Å². The van der Waals surface area contributed by atoms with Gasteiger partial charge in [0.1, 0.15) is 0 Å². The van der Waals surface area contributed by atoms with Crippen LogP contribution in [-0.2, 0) is 0 Å². The van der Waals surface area contributed by atoms with E-state index in [-0.39, 0.29) is 0 Å². The molecule has 0 amide bonds. The Morgan fingerprint density at radius 3 is 1.89 bits per heavy atom. The smallest absolute Gasteiger partial charge is 0.0910 e. The lowest BCUT2D eigenvalue weighted by molar-refractivity contribution is 0.857. The molecule has 1 heterocycles. The van der Waals surface area contributed by atoms with Gasteiger partial charge in [-0.3, -0.25) is 0 Å². The molecule has 9 heavy (non-hydrogen) atoms. The average Bonchev–Trinajstić information content (AvgIpc) is 2.12. The predicted octanol–water partition coefficient (Wildman–Crippen LogP) is 2.18. The Kier molecular flexibility index (Phi) is 1.65. The quantitative estimate of drug-likeness (QED) is 0.442. The molecule has 0 spiro atoms. The first-order chi connectivity index (χ1) is 4.25. The molecule has 0 aromatic rings. The van der Waals surface area contributed by atoms with E-state index in [1.807, 2.05) is 6.92 Å². The van der Waals surface area contributed by atoms with Gasteiger partial charge in [0, 0.05) is 0 Å². The second-order valence-electron chi connectivity index (χ2n) is 2.37. The van der Waals surface area contributed by atoms with Crippen LogP contribution in [0.5, 0.6) is 0 Å². The Morgan fingerprint density at radius 2 is 1.67 bits per heavy atom. The van der Waals surface area contributed by atoms with Crippen LogP contribution >= 0.6 is 0 Å². The van der Waals surface area contributed by atoms with Crippen molar-refractivity contribution in [2.45, 2.75) is 32.9 Å². The minimum absolute atomic E-state index is 0.324. The van der Waals surface area contributed by atoms with E-state index in [2.05, 4.69) is 30.2 Å². The maximum absolute atomic E-state index is 4.03. The molecule has 0 saturated heterocycles. The highest BCUT2D eigenvalue weighted by Gasteiger charge is 2.19. The number of hydrogen-bond acceptors (Lipinski definition) is 2. The van der Waals surface area contributed by atoms with Gasteiger partial charge in [-0.25, -0.2) is 0 Å². The summed E-state index contributed by atoms with van der Waals surface area (Å²) >= 11 is 0. The lowest BCUT2D eigenvalue weighted by atomic mass is 10.1. The molecule has 50 valence electrons. The van der Waals surface area contributed by atoms with Crippen molar-refractivity contribution in [2.75, 3.05) is 0 Å². The van der Waals surface area contributed by atoms with E-state index in [1.54, 1.807) is 0 Å². The Morgan fingerprint density at radius 1 is 1.22 bits per heavy atom. The van der Waals surface area contributed by atoms with Crippen LogP contribution in [0.4, 0.5) is 0 Å².